The largest absolute Gasteiger partial charge is 0.381 e. The van der Waals surface area contributed by atoms with Crippen LogP contribution in [-0.4, -0.2) is 34.5 Å². The molecular weight excluding hydrogens is 272 g/mol. The van der Waals surface area contributed by atoms with Crippen LogP contribution in [-0.2, 0) is 18.2 Å². The molecule has 1 N–H and O–H groups in total. The zero-order valence-corrected chi connectivity index (χ0v) is 13.0. The van der Waals surface area contributed by atoms with Crippen molar-refractivity contribution in [2.45, 2.75) is 39.5 Å². The monoisotopic (exact) mass is 296 g/mol. The molecule has 118 valence electrons. The van der Waals surface area contributed by atoms with Crippen molar-refractivity contribution in [3.63, 3.8) is 0 Å². The summed E-state index contributed by atoms with van der Waals surface area (Å²) in [6, 6.07) is 0. The number of hydrogen-bond acceptors (Lipinski definition) is 5. The molecule has 0 unspecified atom stereocenters. The lowest BCUT2D eigenvalue weighted by atomic mass is 9.82. The summed E-state index contributed by atoms with van der Waals surface area (Å²) in [5.41, 5.74) is 0.793. The van der Waals surface area contributed by atoms with E-state index in [0.717, 1.165) is 32.5 Å². The number of nitrogens with one attached hydrogen (secondary N) is 1. The third-order valence-electron chi connectivity index (χ3n) is 4.14. The van der Waals surface area contributed by atoms with Gasteiger partial charge in [-0.2, -0.15) is 5.10 Å². The van der Waals surface area contributed by atoms with Crippen LogP contribution >= 0.6 is 0 Å². The van der Waals surface area contributed by atoms with Gasteiger partial charge in [0.2, 0.25) is 5.82 Å². The maximum absolute atomic E-state index is 11.4. The Labute approximate surface area is 124 Å². The Kier molecular flexibility index (Phi) is 4.82. The average molecular weight is 296 g/mol. The minimum Gasteiger partial charge on any atom is -0.381 e. The fourth-order valence-electron chi connectivity index (χ4n) is 2.70. The number of nitrogens with zero attached hydrogens (tertiary/aromatic N) is 3. The summed E-state index contributed by atoms with van der Waals surface area (Å²) >= 11 is 0. The van der Waals surface area contributed by atoms with E-state index in [-0.39, 0.29) is 16.0 Å². The first-order valence-electron chi connectivity index (χ1n) is 7.49. The van der Waals surface area contributed by atoms with Crippen molar-refractivity contribution in [1.29, 1.82) is 0 Å². The molecule has 1 aromatic rings. The van der Waals surface area contributed by atoms with E-state index in [9.17, 15) is 10.1 Å². The predicted octanol–water partition coefficient (Wildman–Crippen LogP) is 2.51. The van der Waals surface area contributed by atoms with E-state index in [2.05, 4.69) is 17.3 Å². The standard InChI is InChI=1S/C14H24N4O3/c1-4-5-11-12(18(19)20)13(17(3)16-11)15-10-14(2)6-8-21-9-7-14/h15H,4-10H2,1-3H3. The molecule has 1 aromatic heterocycles. The Morgan fingerprint density at radius 2 is 2.14 bits per heavy atom. The smallest absolute Gasteiger partial charge is 0.333 e. The van der Waals surface area contributed by atoms with E-state index in [1.165, 1.54) is 0 Å². The van der Waals surface area contributed by atoms with Gasteiger partial charge in [0.05, 0.1) is 4.92 Å². The number of hydrogen-bond donors (Lipinski definition) is 1. The van der Waals surface area contributed by atoms with Crippen LogP contribution in [0.25, 0.3) is 0 Å². The highest BCUT2D eigenvalue weighted by Crippen LogP contribution is 2.33. The molecule has 1 aliphatic rings. The zero-order chi connectivity index (χ0) is 15.5. The number of rotatable bonds is 6. The van der Waals surface area contributed by atoms with Crippen molar-refractivity contribution in [3.8, 4) is 0 Å². The minimum absolute atomic E-state index is 0.112. The van der Waals surface area contributed by atoms with Gasteiger partial charge in [-0.3, -0.25) is 10.1 Å². The van der Waals surface area contributed by atoms with Crippen LogP contribution in [0.4, 0.5) is 11.5 Å². The highest BCUT2D eigenvalue weighted by molar-refractivity contribution is 5.60. The Morgan fingerprint density at radius 1 is 1.48 bits per heavy atom. The second-order valence-electron chi connectivity index (χ2n) is 6.05. The molecule has 2 rings (SSSR count). The molecule has 0 atom stereocenters. The summed E-state index contributed by atoms with van der Waals surface area (Å²) < 4.78 is 6.97. The normalized spacial score (nSPS) is 17.7. The van der Waals surface area contributed by atoms with Crippen molar-refractivity contribution in [2.75, 3.05) is 25.1 Å². The third kappa shape index (κ3) is 3.53. The molecule has 7 heteroatoms. The van der Waals surface area contributed by atoms with Gasteiger partial charge >= 0.3 is 5.69 Å². The molecule has 0 radical (unpaired) electrons. The number of aromatic nitrogens is 2. The van der Waals surface area contributed by atoms with Crippen LogP contribution in [0.2, 0.25) is 0 Å². The fraction of sp³-hybridized carbons (Fsp3) is 0.786. The van der Waals surface area contributed by atoms with E-state index in [4.69, 9.17) is 4.74 Å². The van der Waals surface area contributed by atoms with Gasteiger partial charge < -0.3 is 10.1 Å². The highest BCUT2D eigenvalue weighted by atomic mass is 16.6. The van der Waals surface area contributed by atoms with Crippen LogP contribution in [0.3, 0.4) is 0 Å². The van der Waals surface area contributed by atoms with Crippen molar-refractivity contribution >= 4 is 11.5 Å². The van der Waals surface area contributed by atoms with Gasteiger partial charge in [-0.25, -0.2) is 4.68 Å². The molecule has 21 heavy (non-hydrogen) atoms. The SMILES string of the molecule is CCCc1nn(C)c(NCC2(C)CCOCC2)c1[N+](=O)[O-]. The molecule has 1 fully saturated rings. The summed E-state index contributed by atoms with van der Waals surface area (Å²) in [5.74, 6) is 0.510. The van der Waals surface area contributed by atoms with Crippen molar-refractivity contribution in [3.05, 3.63) is 15.8 Å². The van der Waals surface area contributed by atoms with Crippen LogP contribution in [0.5, 0.6) is 0 Å². The molecule has 0 spiro atoms. The molecule has 0 saturated carbocycles. The van der Waals surface area contributed by atoms with Crippen LogP contribution in [0.15, 0.2) is 0 Å². The molecule has 0 amide bonds. The first-order chi connectivity index (χ1) is 9.97. The van der Waals surface area contributed by atoms with E-state index < -0.39 is 0 Å². The topological polar surface area (TPSA) is 82.2 Å². The minimum atomic E-state index is -0.327. The maximum atomic E-state index is 11.4. The molecule has 0 aliphatic carbocycles. The summed E-state index contributed by atoms with van der Waals surface area (Å²) in [4.78, 5) is 11.0. The van der Waals surface area contributed by atoms with Gasteiger partial charge in [-0.05, 0) is 24.7 Å². The third-order valence-corrected chi connectivity index (χ3v) is 4.14. The van der Waals surface area contributed by atoms with Crippen LogP contribution in [0.1, 0.15) is 38.8 Å². The van der Waals surface area contributed by atoms with Gasteiger partial charge in [0.1, 0.15) is 5.69 Å². The molecular formula is C14H24N4O3. The summed E-state index contributed by atoms with van der Waals surface area (Å²) in [6.07, 6.45) is 3.39. The van der Waals surface area contributed by atoms with Crippen LogP contribution < -0.4 is 5.32 Å². The zero-order valence-electron chi connectivity index (χ0n) is 13.0. The number of aryl methyl sites for hydroxylation is 2. The van der Waals surface area contributed by atoms with E-state index in [0.29, 0.717) is 24.5 Å². The Bertz CT molecular complexity index is 507. The molecule has 0 aromatic carbocycles. The number of ether oxygens (including phenoxy) is 1. The Morgan fingerprint density at radius 3 is 2.71 bits per heavy atom. The average Bonchev–Trinajstić information content (AvgIpc) is 2.74. The quantitative estimate of drug-likeness (QED) is 0.644. The van der Waals surface area contributed by atoms with Crippen molar-refractivity contribution in [2.24, 2.45) is 12.5 Å². The Hall–Kier alpha value is -1.63. The fourth-order valence-corrected chi connectivity index (χ4v) is 2.70. The number of anilines is 1. The molecule has 2 heterocycles. The summed E-state index contributed by atoms with van der Waals surface area (Å²) in [7, 11) is 1.75. The van der Waals surface area contributed by atoms with Crippen molar-refractivity contribution in [1.82, 2.24) is 9.78 Å². The van der Waals surface area contributed by atoms with E-state index in [1.807, 2.05) is 6.92 Å². The molecule has 1 aliphatic heterocycles. The summed E-state index contributed by atoms with van der Waals surface area (Å²) in [5, 5.41) is 18.9. The molecule has 0 bridgehead atoms. The lowest BCUT2D eigenvalue weighted by Gasteiger charge is -2.33. The lowest BCUT2D eigenvalue weighted by molar-refractivity contribution is -0.384. The number of nitro groups is 1. The first-order valence-corrected chi connectivity index (χ1v) is 7.49. The lowest BCUT2D eigenvalue weighted by Crippen LogP contribution is -2.33. The highest BCUT2D eigenvalue weighted by Gasteiger charge is 2.31. The van der Waals surface area contributed by atoms with E-state index >= 15 is 0 Å². The maximum Gasteiger partial charge on any atom is 0.333 e. The van der Waals surface area contributed by atoms with Crippen molar-refractivity contribution < 1.29 is 9.66 Å². The van der Waals surface area contributed by atoms with Crippen LogP contribution in [0, 0.1) is 15.5 Å². The van der Waals surface area contributed by atoms with Gasteiger partial charge in [-0.15, -0.1) is 0 Å². The second kappa shape index (κ2) is 6.43. The molecule has 7 nitrogen and oxygen atoms in total. The van der Waals surface area contributed by atoms with Gasteiger partial charge in [0.25, 0.3) is 0 Å². The first kappa shape index (κ1) is 15.8. The van der Waals surface area contributed by atoms with E-state index in [1.54, 1.807) is 11.7 Å². The Balaban J connectivity index is 2.17. The molecule has 1 saturated heterocycles. The van der Waals surface area contributed by atoms with Gasteiger partial charge in [-0.1, -0.05) is 20.3 Å². The predicted molar refractivity (Wildman–Crippen MR) is 80.5 cm³/mol. The second-order valence-corrected chi connectivity index (χ2v) is 6.05. The van der Waals surface area contributed by atoms with Gasteiger partial charge in [0.15, 0.2) is 0 Å². The van der Waals surface area contributed by atoms with Gasteiger partial charge in [0, 0.05) is 26.8 Å². The summed E-state index contributed by atoms with van der Waals surface area (Å²) in [6.45, 7) is 6.40.